The standard InChI is InChI=1S/C32H35F3O6S3/c33-30(16-17-42(36,37)40-31-21-24-18-25(22-31)20-26(19-24)23-31)32(34,35)44(38,39)41-43(27-10-4-1-5-11-27,28-12-6-2-7-13-28)29-14-8-3-9-15-29/h1-15,24-26,30H,16-23H2. The first-order chi connectivity index (χ1) is 20.8. The highest BCUT2D eigenvalue weighted by molar-refractivity contribution is 8.33. The summed E-state index contributed by atoms with van der Waals surface area (Å²) in [6.07, 6.45) is 0.236. The van der Waals surface area contributed by atoms with E-state index in [0.29, 0.717) is 51.7 Å². The van der Waals surface area contributed by atoms with Crippen LogP contribution in [0.5, 0.6) is 0 Å². The van der Waals surface area contributed by atoms with Crippen LogP contribution in [0.25, 0.3) is 0 Å². The number of rotatable bonds is 12. The maximum Gasteiger partial charge on any atom is 0.401 e. The second-order valence-corrected chi connectivity index (χ2v) is 18.5. The van der Waals surface area contributed by atoms with Crippen LogP contribution in [-0.2, 0) is 28.0 Å². The molecule has 1 atom stereocenters. The van der Waals surface area contributed by atoms with Gasteiger partial charge in [-0.05, 0) is 103 Å². The van der Waals surface area contributed by atoms with Crippen LogP contribution in [0.3, 0.4) is 0 Å². The fourth-order valence-corrected chi connectivity index (χ4v) is 14.1. The Bertz CT molecular complexity index is 1540. The van der Waals surface area contributed by atoms with Crippen molar-refractivity contribution in [3.05, 3.63) is 91.0 Å². The van der Waals surface area contributed by atoms with Crippen LogP contribution in [0.15, 0.2) is 106 Å². The molecule has 4 aliphatic rings. The molecule has 4 bridgehead atoms. The van der Waals surface area contributed by atoms with Crippen LogP contribution >= 0.6 is 10.3 Å². The van der Waals surface area contributed by atoms with Gasteiger partial charge >= 0.3 is 15.4 Å². The molecule has 4 saturated carbocycles. The maximum absolute atomic E-state index is 15.7. The Labute approximate surface area is 258 Å². The summed E-state index contributed by atoms with van der Waals surface area (Å²) >= 11 is 0. The summed E-state index contributed by atoms with van der Waals surface area (Å²) in [5.74, 6) is 0.0468. The molecule has 0 amide bonds. The molecule has 12 heteroatoms. The van der Waals surface area contributed by atoms with Gasteiger partial charge in [0.05, 0.1) is 11.4 Å². The van der Waals surface area contributed by atoms with Crippen molar-refractivity contribution in [1.29, 1.82) is 0 Å². The molecule has 0 saturated heterocycles. The molecule has 4 fully saturated rings. The minimum Gasteiger partial charge on any atom is -0.263 e. The van der Waals surface area contributed by atoms with Crippen LogP contribution < -0.4 is 0 Å². The lowest BCUT2D eigenvalue weighted by molar-refractivity contribution is -0.104. The van der Waals surface area contributed by atoms with Gasteiger partial charge in [-0.2, -0.15) is 25.6 Å². The Hall–Kier alpha value is -2.38. The van der Waals surface area contributed by atoms with E-state index in [1.165, 1.54) is 0 Å². The molecule has 4 aliphatic carbocycles. The first-order valence-electron chi connectivity index (χ1n) is 14.7. The number of hydrogen-bond donors (Lipinski definition) is 0. The van der Waals surface area contributed by atoms with E-state index in [-0.39, 0.29) is 0 Å². The topological polar surface area (TPSA) is 86.7 Å². The van der Waals surface area contributed by atoms with Gasteiger partial charge in [-0.25, -0.2) is 8.02 Å². The molecule has 0 aliphatic heterocycles. The molecule has 0 heterocycles. The highest BCUT2D eigenvalue weighted by atomic mass is 32.3. The van der Waals surface area contributed by atoms with Crippen LogP contribution in [-0.4, -0.2) is 39.6 Å². The number of hydrogen-bond acceptors (Lipinski definition) is 6. The van der Waals surface area contributed by atoms with E-state index in [9.17, 15) is 16.8 Å². The predicted octanol–water partition coefficient (Wildman–Crippen LogP) is 7.87. The lowest BCUT2D eigenvalue weighted by Gasteiger charge is -2.55. The zero-order valence-corrected chi connectivity index (χ0v) is 26.4. The zero-order valence-electron chi connectivity index (χ0n) is 23.9. The van der Waals surface area contributed by atoms with Gasteiger partial charge in [0.1, 0.15) is 0 Å². The normalized spacial score (nSPS) is 26.4. The van der Waals surface area contributed by atoms with Crippen molar-refractivity contribution in [2.24, 2.45) is 17.8 Å². The van der Waals surface area contributed by atoms with Crippen molar-refractivity contribution in [2.45, 2.75) is 76.7 Å². The summed E-state index contributed by atoms with van der Waals surface area (Å²) in [7, 11) is -13.8. The van der Waals surface area contributed by atoms with Crippen molar-refractivity contribution in [3.63, 3.8) is 0 Å². The predicted molar refractivity (Wildman–Crippen MR) is 162 cm³/mol. The average Bonchev–Trinajstić information content (AvgIpc) is 2.98. The van der Waals surface area contributed by atoms with Crippen molar-refractivity contribution in [2.75, 3.05) is 5.75 Å². The molecule has 0 aromatic heterocycles. The third kappa shape index (κ3) is 5.95. The summed E-state index contributed by atoms with van der Waals surface area (Å²) in [6, 6.07) is 24.3. The van der Waals surface area contributed by atoms with E-state index in [4.69, 9.17) is 7.81 Å². The molecule has 3 aromatic carbocycles. The Balaban J connectivity index is 1.26. The Morgan fingerprint density at radius 1 is 0.705 bits per heavy atom. The monoisotopic (exact) mass is 668 g/mol. The number of benzene rings is 3. The van der Waals surface area contributed by atoms with Crippen molar-refractivity contribution in [3.8, 4) is 0 Å². The van der Waals surface area contributed by atoms with Crippen LogP contribution in [0.1, 0.15) is 44.9 Å². The Morgan fingerprint density at radius 3 is 1.48 bits per heavy atom. The van der Waals surface area contributed by atoms with Gasteiger partial charge < -0.3 is 0 Å². The summed E-state index contributed by atoms with van der Waals surface area (Å²) in [5.41, 5.74) is -0.874. The average molecular weight is 669 g/mol. The first kappa shape index (κ1) is 31.6. The van der Waals surface area contributed by atoms with Crippen LogP contribution in [0.2, 0.25) is 0 Å². The number of alkyl halides is 3. The molecule has 238 valence electrons. The second kappa shape index (κ2) is 11.8. The van der Waals surface area contributed by atoms with E-state index < -0.39 is 59.7 Å². The summed E-state index contributed by atoms with van der Waals surface area (Å²) in [6.45, 7) is 0. The van der Waals surface area contributed by atoms with Crippen molar-refractivity contribution in [1.82, 2.24) is 0 Å². The van der Waals surface area contributed by atoms with Gasteiger partial charge in [-0.15, -0.1) is 0 Å². The molecule has 0 spiro atoms. The van der Waals surface area contributed by atoms with Gasteiger partial charge in [-0.1, -0.05) is 54.6 Å². The van der Waals surface area contributed by atoms with Gasteiger partial charge in [0.2, 0.25) is 0 Å². The molecule has 6 nitrogen and oxygen atoms in total. The number of halogens is 3. The molecule has 3 aromatic rings. The molecular weight excluding hydrogens is 634 g/mol. The minimum absolute atomic E-state index is 0.304. The first-order valence-corrected chi connectivity index (χ1v) is 19.3. The fraction of sp³-hybridized carbons (Fsp3) is 0.438. The molecule has 7 rings (SSSR count). The van der Waals surface area contributed by atoms with Gasteiger partial charge in [0.15, 0.2) is 6.17 Å². The molecule has 1 unspecified atom stereocenters. The highest BCUT2D eigenvalue weighted by Gasteiger charge is 2.58. The third-order valence-corrected chi connectivity index (χ3v) is 15.6. The van der Waals surface area contributed by atoms with Crippen molar-refractivity contribution >= 4 is 30.5 Å². The SMILES string of the molecule is O=S(=O)(CCC(F)C(F)(F)S(=O)(=O)OS(c1ccccc1)(c1ccccc1)c1ccccc1)OC12CC3CC(CC(C3)C1)C2. The summed E-state index contributed by atoms with van der Waals surface area (Å²) < 4.78 is 111. The van der Waals surface area contributed by atoms with E-state index in [0.717, 1.165) is 19.3 Å². The van der Waals surface area contributed by atoms with Crippen LogP contribution in [0.4, 0.5) is 13.2 Å². The lowest BCUT2D eigenvalue weighted by Crippen LogP contribution is -2.53. The van der Waals surface area contributed by atoms with Crippen molar-refractivity contribution < 1.29 is 37.8 Å². The molecule has 0 N–H and O–H groups in total. The fourth-order valence-electron chi connectivity index (χ4n) is 7.56. The smallest absolute Gasteiger partial charge is 0.263 e. The Kier molecular flexibility index (Phi) is 8.45. The molecule has 0 radical (unpaired) electrons. The van der Waals surface area contributed by atoms with Gasteiger partial charge in [0.25, 0.3) is 10.1 Å². The quantitative estimate of drug-likeness (QED) is 0.183. The lowest BCUT2D eigenvalue weighted by atomic mass is 9.54. The van der Waals surface area contributed by atoms with E-state index >= 15 is 13.2 Å². The van der Waals surface area contributed by atoms with E-state index in [1.807, 2.05) is 0 Å². The molecule has 44 heavy (non-hydrogen) atoms. The Morgan fingerprint density at radius 2 is 1.09 bits per heavy atom. The van der Waals surface area contributed by atoms with Crippen LogP contribution in [0, 0.1) is 17.8 Å². The van der Waals surface area contributed by atoms with E-state index in [1.54, 1.807) is 91.0 Å². The second-order valence-electron chi connectivity index (χ2n) is 12.3. The zero-order chi connectivity index (χ0) is 31.2. The summed E-state index contributed by atoms with van der Waals surface area (Å²) in [5, 5.41) is -5.06. The minimum atomic E-state index is -5.98. The van der Waals surface area contributed by atoms with E-state index in [2.05, 4.69) is 0 Å². The highest BCUT2D eigenvalue weighted by Crippen LogP contribution is 2.70. The largest absolute Gasteiger partial charge is 0.401 e. The summed E-state index contributed by atoms with van der Waals surface area (Å²) in [4.78, 5) is 0.913. The van der Waals surface area contributed by atoms with Gasteiger partial charge in [-0.3, -0.25) is 4.18 Å². The molecular formula is C32H35F3O6S3. The van der Waals surface area contributed by atoms with Gasteiger partial charge in [0, 0.05) is 21.1 Å². The maximum atomic E-state index is 15.7. The third-order valence-electron chi connectivity index (χ3n) is 9.02.